The summed E-state index contributed by atoms with van der Waals surface area (Å²) in [5.41, 5.74) is 2.73. The lowest BCUT2D eigenvalue weighted by atomic mass is 10.0. The molecule has 0 saturated heterocycles. The summed E-state index contributed by atoms with van der Waals surface area (Å²) in [6, 6.07) is 15.6. The Morgan fingerprint density at radius 1 is 0.968 bits per heavy atom. The molecule has 0 spiro atoms. The van der Waals surface area contributed by atoms with Crippen molar-refractivity contribution in [2.45, 2.75) is 26.3 Å². The van der Waals surface area contributed by atoms with Gasteiger partial charge in [-0.1, -0.05) is 38.1 Å². The zero-order chi connectivity index (χ0) is 22.0. The number of hydrogen-bond donors (Lipinski definition) is 1. The van der Waals surface area contributed by atoms with Crippen molar-refractivity contribution in [3.8, 4) is 5.69 Å². The van der Waals surface area contributed by atoms with Gasteiger partial charge >= 0.3 is 0 Å². The van der Waals surface area contributed by atoms with Crippen LogP contribution in [0.25, 0.3) is 5.69 Å². The van der Waals surface area contributed by atoms with E-state index in [1.165, 1.54) is 0 Å². The van der Waals surface area contributed by atoms with Gasteiger partial charge in [-0.05, 0) is 48.2 Å². The molecule has 3 amide bonds. The third kappa shape index (κ3) is 3.99. The number of hydrogen-bond acceptors (Lipinski definition) is 4. The van der Waals surface area contributed by atoms with Gasteiger partial charge in [-0.15, -0.1) is 0 Å². The van der Waals surface area contributed by atoms with Crippen molar-refractivity contribution in [2.24, 2.45) is 5.92 Å². The highest BCUT2D eigenvalue weighted by atomic mass is 16.2. The van der Waals surface area contributed by atoms with Crippen LogP contribution in [0.4, 0.5) is 0 Å². The van der Waals surface area contributed by atoms with Crippen molar-refractivity contribution in [1.82, 2.24) is 20.0 Å². The maximum absolute atomic E-state index is 12.9. The molecule has 7 nitrogen and oxygen atoms in total. The highest BCUT2D eigenvalue weighted by Crippen LogP contribution is 2.27. The Hall–Kier alpha value is -3.74. The van der Waals surface area contributed by atoms with Crippen LogP contribution in [0.2, 0.25) is 0 Å². The number of nitrogens with one attached hydrogen (secondary N) is 1. The number of nitrogens with zero attached hydrogens (tertiary/aromatic N) is 3. The Labute approximate surface area is 180 Å². The van der Waals surface area contributed by atoms with Gasteiger partial charge in [0.2, 0.25) is 5.91 Å². The summed E-state index contributed by atoms with van der Waals surface area (Å²) in [5.74, 6) is -1.36. The lowest BCUT2D eigenvalue weighted by Gasteiger charge is -2.28. The molecule has 0 saturated carbocycles. The van der Waals surface area contributed by atoms with E-state index in [4.69, 9.17) is 0 Å². The van der Waals surface area contributed by atoms with Gasteiger partial charge in [0.1, 0.15) is 6.04 Å². The molecular formula is C24H24N4O3. The molecule has 0 aliphatic carbocycles. The first-order chi connectivity index (χ1) is 15.0. The van der Waals surface area contributed by atoms with Crippen LogP contribution in [-0.4, -0.2) is 45.0 Å². The van der Waals surface area contributed by atoms with Crippen LogP contribution in [0.15, 0.2) is 67.0 Å². The van der Waals surface area contributed by atoms with Crippen molar-refractivity contribution in [3.05, 3.63) is 83.7 Å². The van der Waals surface area contributed by atoms with Gasteiger partial charge in [-0.25, -0.2) is 4.68 Å². The fourth-order valence-electron chi connectivity index (χ4n) is 3.85. The molecule has 3 aromatic rings. The van der Waals surface area contributed by atoms with Crippen LogP contribution in [0, 0.1) is 5.92 Å². The highest BCUT2D eigenvalue weighted by molar-refractivity contribution is 6.22. The summed E-state index contributed by atoms with van der Waals surface area (Å²) >= 11 is 0. The molecule has 7 heteroatoms. The van der Waals surface area contributed by atoms with Crippen molar-refractivity contribution in [2.75, 3.05) is 6.54 Å². The molecule has 158 valence electrons. The van der Waals surface area contributed by atoms with E-state index >= 15 is 0 Å². The number of aromatic nitrogens is 2. The zero-order valence-electron chi connectivity index (χ0n) is 17.5. The van der Waals surface area contributed by atoms with Crippen LogP contribution >= 0.6 is 0 Å². The molecule has 0 fully saturated rings. The molecule has 4 rings (SSSR count). The smallest absolute Gasteiger partial charge is 0.262 e. The lowest BCUT2D eigenvalue weighted by Crippen LogP contribution is -2.52. The first kappa shape index (κ1) is 20.5. The van der Waals surface area contributed by atoms with E-state index in [2.05, 4.69) is 10.4 Å². The first-order valence-corrected chi connectivity index (χ1v) is 10.3. The Balaban J connectivity index is 1.40. The molecule has 1 aromatic heterocycles. The van der Waals surface area contributed by atoms with E-state index in [-0.39, 0.29) is 11.8 Å². The third-order valence-corrected chi connectivity index (χ3v) is 5.42. The minimum atomic E-state index is -0.852. The maximum Gasteiger partial charge on any atom is 0.262 e. The summed E-state index contributed by atoms with van der Waals surface area (Å²) in [6.07, 6.45) is 4.24. The van der Waals surface area contributed by atoms with E-state index in [1.807, 2.05) is 50.4 Å². The Morgan fingerprint density at radius 3 is 2.16 bits per heavy atom. The highest BCUT2D eigenvalue weighted by Gasteiger charge is 2.43. The van der Waals surface area contributed by atoms with Gasteiger partial charge in [-0.2, -0.15) is 5.10 Å². The van der Waals surface area contributed by atoms with Crippen LogP contribution in [0.3, 0.4) is 0 Å². The number of carbonyl (C=O) groups excluding carboxylic acids is 3. The Kier molecular flexibility index (Phi) is 5.66. The molecular weight excluding hydrogens is 392 g/mol. The predicted molar refractivity (Wildman–Crippen MR) is 116 cm³/mol. The molecule has 1 N–H and O–H groups in total. The van der Waals surface area contributed by atoms with Crippen LogP contribution in [-0.2, 0) is 11.2 Å². The van der Waals surface area contributed by atoms with Gasteiger partial charge in [0.15, 0.2) is 0 Å². The van der Waals surface area contributed by atoms with Crippen molar-refractivity contribution in [3.63, 3.8) is 0 Å². The Morgan fingerprint density at radius 2 is 1.61 bits per heavy atom. The van der Waals surface area contributed by atoms with E-state index in [0.717, 1.165) is 16.2 Å². The normalized spacial score (nSPS) is 14.1. The van der Waals surface area contributed by atoms with Gasteiger partial charge in [0.25, 0.3) is 11.8 Å². The molecule has 1 aliphatic rings. The maximum atomic E-state index is 12.9. The van der Waals surface area contributed by atoms with Crippen molar-refractivity contribution < 1.29 is 14.4 Å². The average molecular weight is 416 g/mol. The van der Waals surface area contributed by atoms with E-state index < -0.39 is 17.9 Å². The molecule has 0 bridgehead atoms. The SMILES string of the molecule is CC(C)C(C(=O)NCCc1ccc(-n2cccn2)cc1)N1C(=O)c2ccccc2C1=O. The standard InChI is InChI=1S/C24H24N4O3/c1-16(2)21(28-23(30)19-6-3-4-7-20(19)24(28)31)22(29)25-14-12-17-8-10-18(11-9-17)27-15-5-13-26-27/h3-11,13,15-16,21H,12,14H2,1-2H3,(H,25,29). The van der Waals surface area contributed by atoms with Gasteiger partial charge in [-0.3, -0.25) is 19.3 Å². The number of benzene rings is 2. The molecule has 1 unspecified atom stereocenters. The minimum absolute atomic E-state index is 0.212. The summed E-state index contributed by atoms with van der Waals surface area (Å²) < 4.78 is 1.78. The second-order valence-electron chi connectivity index (χ2n) is 7.87. The second-order valence-corrected chi connectivity index (χ2v) is 7.87. The van der Waals surface area contributed by atoms with Crippen LogP contribution < -0.4 is 5.32 Å². The molecule has 0 radical (unpaired) electrons. The predicted octanol–water partition coefficient (Wildman–Crippen LogP) is 2.85. The van der Waals surface area contributed by atoms with Crippen LogP contribution in [0.5, 0.6) is 0 Å². The van der Waals surface area contributed by atoms with Gasteiger partial charge in [0, 0.05) is 18.9 Å². The van der Waals surface area contributed by atoms with Crippen molar-refractivity contribution >= 4 is 17.7 Å². The largest absolute Gasteiger partial charge is 0.354 e. The summed E-state index contributed by atoms with van der Waals surface area (Å²) in [6.45, 7) is 4.08. The van der Waals surface area contributed by atoms with Crippen molar-refractivity contribution in [1.29, 1.82) is 0 Å². The molecule has 1 aliphatic heterocycles. The topological polar surface area (TPSA) is 84.3 Å². The third-order valence-electron chi connectivity index (χ3n) is 5.42. The number of imide groups is 1. The van der Waals surface area contributed by atoms with E-state index in [1.54, 1.807) is 35.1 Å². The van der Waals surface area contributed by atoms with E-state index in [0.29, 0.717) is 24.1 Å². The number of carbonyl (C=O) groups is 3. The zero-order valence-corrected chi connectivity index (χ0v) is 17.5. The second kappa shape index (κ2) is 8.55. The first-order valence-electron chi connectivity index (χ1n) is 10.3. The number of fused-ring (bicyclic) bond motifs is 1. The summed E-state index contributed by atoms with van der Waals surface area (Å²) in [4.78, 5) is 39.6. The molecule has 1 atom stereocenters. The summed E-state index contributed by atoms with van der Waals surface area (Å²) in [7, 11) is 0. The fourth-order valence-corrected chi connectivity index (χ4v) is 3.85. The quantitative estimate of drug-likeness (QED) is 0.601. The Bertz CT molecular complexity index is 1070. The van der Waals surface area contributed by atoms with Gasteiger partial charge in [0.05, 0.1) is 16.8 Å². The van der Waals surface area contributed by atoms with E-state index in [9.17, 15) is 14.4 Å². The summed E-state index contributed by atoms with van der Waals surface area (Å²) in [5, 5.41) is 7.10. The molecule has 2 aromatic carbocycles. The molecule has 2 heterocycles. The monoisotopic (exact) mass is 416 g/mol. The van der Waals surface area contributed by atoms with Gasteiger partial charge < -0.3 is 5.32 Å². The average Bonchev–Trinajstić information content (AvgIpc) is 3.38. The number of rotatable bonds is 7. The lowest BCUT2D eigenvalue weighted by molar-refractivity contribution is -0.126. The molecule has 31 heavy (non-hydrogen) atoms. The fraction of sp³-hybridized carbons (Fsp3) is 0.250. The minimum Gasteiger partial charge on any atom is -0.354 e. The van der Waals surface area contributed by atoms with Crippen LogP contribution in [0.1, 0.15) is 40.1 Å². The number of amides is 3.